The number of rotatable bonds is 5. The molecule has 0 radical (unpaired) electrons. The molecule has 1 aliphatic rings. The van der Waals surface area contributed by atoms with E-state index in [4.69, 9.17) is 13.9 Å². The van der Waals surface area contributed by atoms with Crippen LogP contribution in [0.25, 0.3) is 0 Å². The summed E-state index contributed by atoms with van der Waals surface area (Å²) in [4.78, 5) is 0. The van der Waals surface area contributed by atoms with Crippen molar-refractivity contribution in [3.63, 3.8) is 0 Å². The van der Waals surface area contributed by atoms with E-state index < -0.39 is 8.32 Å². The highest BCUT2D eigenvalue weighted by molar-refractivity contribution is 6.70. The fourth-order valence-electron chi connectivity index (χ4n) is 2.02. The first-order valence-electron chi connectivity index (χ1n) is 7.94. The SMILES string of the molecule is CC(C)NC(C)C.COC(O[Si](C)(C)C)=C1CCOCC1. The van der Waals surface area contributed by atoms with E-state index in [0.29, 0.717) is 12.1 Å². The molecule has 1 saturated heterocycles. The second kappa shape index (κ2) is 10.2. The molecule has 0 bridgehead atoms. The van der Waals surface area contributed by atoms with Gasteiger partial charge in [0.2, 0.25) is 8.32 Å². The van der Waals surface area contributed by atoms with Crippen LogP contribution in [0.2, 0.25) is 19.6 Å². The zero-order valence-electron chi connectivity index (χ0n) is 15.2. The molecule has 21 heavy (non-hydrogen) atoms. The predicted octanol–water partition coefficient (Wildman–Crippen LogP) is 3.90. The van der Waals surface area contributed by atoms with E-state index in [0.717, 1.165) is 32.0 Å². The summed E-state index contributed by atoms with van der Waals surface area (Å²) in [6.45, 7) is 16.7. The van der Waals surface area contributed by atoms with E-state index in [1.54, 1.807) is 7.11 Å². The summed E-state index contributed by atoms with van der Waals surface area (Å²) in [5, 5.41) is 3.31. The molecule has 4 nitrogen and oxygen atoms in total. The van der Waals surface area contributed by atoms with Gasteiger partial charge in [-0.3, -0.25) is 0 Å². The first kappa shape index (κ1) is 20.5. The molecule has 1 N–H and O–H groups in total. The van der Waals surface area contributed by atoms with Crippen LogP contribution < -0.4 is 5.32 Å². The Hall–Kier alpha value is -0.523. The Balaban J connectivity index is 0.000000486. The maximum absolute atomic E-state index is 5.87. The van der Waals surface area contributed by atoms with Gasteiger partial charge in [-0.25, -0.2) is 0 Å². The molecule has 1 heterocycles. The Morgan fingerprint density at radius 1 is 1.05 bits per heavy atom. The summed E-state index contributed by atoms with van der Waals surface area (Å²) in [6.07, 6.45) is 1.88. The molecule has 0 spiro atoms. The molecular weight excluding hydrogens is 282 g/mol. The van der Waals surface area contributed by atoms with Gasteiger partial charge in [-0.1, -0.05) is 27.7 Å². The van der Waals surface area contributed by atoms with Crippen molar-refractivity contribution in [2.75, 3.05) is 20.3 Å². The van der Waals surface area contributed by atoms with Crippen LogP contribution in [0.3, 0.4) is 0 Å². The molecule has 0 aromatic rings. The van der Waals surface area contributed by atoms with Gasteiger partial charge in [-0.05, 0) is 32.5 Å². The highest BCUT2D eigenvalue weighted by Gasteiger charge is 2.21. The van der Waals surface area contributed by atoms with Gasteiger partial charge >= 0.3 is 0 Å². The van der Waals surface area contributed by atoms with Gasteiger partial charge in [0.05, 0.1) is 20.3 Å². The molecular formula is C16H35NO3Si. The Kier molecular flexibility index (Phi) is 9.99. The molecule has 126 valence electrons. The maximum Gasteiger partial charge on any atom is 0.264 e. The number of methoxy groups -OCH3 is 1. The second-order valence-electron chi connectivity index (χ2n) is 6.90. The smallest absolute Gasteiger partial charge is 0.264 e. The van der Waals surface area contributed by atoms with Crippen LogP contribution >= 0.6 is 0 Å². The van der Waals surface area contributed by atoms with Gasteiger partial charge < -0.3 is 19.2 Å². The van der Waals surface area contributed by atoms with Crippen molar-refractivity contribution in [3.05, 3.63) is 11.5 Å². The molecule has 0 aromatic heterocycles. The minimum atomic E-state index is -1.55. The molecule has 0 atom stereocenters. The lowest BCUT2D eigenvalue weighted by Gasteiger charge is -2.24. The molecule has 0 aliphatic carbocycles. The summed E-state index contributed by atoms with van der Waals surface area (Å²) >= 11 is 0. The molecule has 5 heteroatoms. The lowest BCUT2D eigenvalue weighted by Crippen LogP contribution is -2.29. The minimum Gasteiger partial charge on any atom is -0.520 e. The van der Waals surface area contributed by atoms with Crippen LogP contribution in [0.15, 0.2) is 11.5 Å². The quantitative estimate of drug-likeness (QED) is 0.616. The first-order valence-corrected chi connectivity index (χ1v) is 11.4. The standard InChI is InChI=1S/C10H20O3Si.C6H15N/c1-11-10(13-14(2,3)4)9-5-7-12-8-6-9;1-5(2)7-6(3)4/h5-8H2,1-4H3;5-7H,1-4H3. The molecule has 0 amide bonds. The van der Waals surface area contributed by atoms with Crippen LogP contribution in [0.1, 0.15) is 40.5 Å². The normalized spacial score (nSPS) is 15.6. The molecule has 1 fully saturated rings. The average molecular weight is 318 g/mol. The summed E-state index contributed by atoms with van der Waals surface area (Å²) < 4.78 is 16.5. The van der Waals surface area contributed by atoms with Gasteiger partial charge in [0.15, 0.2) is 0 Å². The number of hydrogen-bond donors (Lipinski definition) is 1. The summed E-state index contributed by atoms with van der Waals surface area (Å²) in [6, 6.07) is 1.25. The Bertz CT molecular complexity index is 295. The topological polar surface area (TPSA) is 39.7 Å². The fraction of sp³-hybridized carbons (Fsp3) is 0.875. The van der Waals surface area contributed by atoms with Gasteiger partial charge in [0, 0.05) is 17.7 Å². The Labute approximate surface area is 132 Å². The van der Waals surface area contributed by atoms with Crippen LogP contribution in [-0.2, 0) is 13.9 Å². The number of ether oxygens (including phenoxy) is 2. The minimum absolute atomic E-state index is 0.625. The van der Waals surface area contributed by atoms with Crippen LogP contribution in [0, 0.1) is 0 Å². The van der Waals surface area contributed by atoms with Crippen molar-refractivity contribution in [3.8, 4) is 0 Å². The van der Waals surface area contributed by atoms with Crippen LogP contribution in [-0.4, -0.2) is 40.7 Å². The van der Waals surface area contributed by atoms with E-state index in [1.165, 1.54) is 5.57 Å². The third-order valence-corrected chi connectivity index (χ3v) is 3.43. The van der Waals surface area contributed by atoms with Gasteiger partial charge in [0.25, 0.3) is 5.95 Å². The van der Waals surface area contributed by atoms with E-state index in [2.05, 4.69) is 52.7 Å². The van der Waals surface area contributed by atoms with Crippen LogP contribution in [0.4, 0.5) is 0 Å². The van der Waals surface area contributed by atoms with E-state index >= 15 is 0 Å². The average Bonchev–Trinajstić information content (AvgIpc) is 2.35. The van der Waals surface area contributed by atoms with Crippen molar-refractivity contribution >= 4 is 8.32 Å². The van der Waals surface area contributed by atoms with E-state index in [9.17, 15) is 0 Å². The molecule has 0 aromatic carbocycles. The van der Waals surface area contributed by atoms with Crippen molar-refractivity contribution in [2.45, 2.75) is 72.3 Å². The van der Waals surface area contributed by atoms with Crippen molar-refractivity contribution in [1.29, 1.82) is 0 Å². The lowest BCUT2D eigenvalue weighted by atomic mass is 10.1. The highest BCUT2D eigenvalue weighted by Crippen LogP contribution is 2.22. The lowest BCUT2D eigenvalue weighted by molar-refractivity contribution is 0.0960. The van der Waals surface area contributed by atoms with Crippen molar-refractivity contribution < 1.29 is 13.9 Å². The van der Waals surface area contributed by atoms with Gasteiger partial charge in [-0.15, -0.1) is 0 Å². The monoisotopic (exact) mass is 317 g/mol. The van der Waals surface area contributed by atoms with Crippen LogP contribution in [0.5, 0.6) is 0 Å². The third kappa shape index (κ3) is 11.8. The van der Waals surface area contributed by atoms with E-state index in [-0.39, 0.29) is 0 Å². The maximum atomic E-state index is 5.87. The zero-order chi connectivity index (χ0) is 16.5. The molecule has 1 rings (SSSR count). The summed E-state index contributed by atoms with van der Waals surface area (Å²) in [5.41, 5.74) is 1.26. The first-order chi connectivity index (χ1) is 9.65. The summed E-state index contributed by atoms with van der Waals surface area (Å²) in [7, 11) is 0.130. The van der Waals surface area contributed by atoms with Crippen molar-refractivity contribution in [1.82, 2.24) is 5.32 Å². The number of nitrogens with one attached hydrogen (secondary N) is 1. The van der Waals surface area contributed by atoms with Gasteiger partial charge in [0.1, 0.15) is 0 Å². The van der Waals surface area contributed by atoms with Gasteiger partial charge in [-0.2, -0.15) is 0 Å². The predicted molar refractivity (Wildman–Crippen MR) is 91.9 cm³/mol. The fourth-order valence-corrected chi connectivity index (χ4v) is 2.81. The Morgan fingerprint density at radius 3 is 1.81 bits per heavy atom. The third-order valence-electron chi connectivity index (χ3n) is 2.64. The molecule has 1 aliphatic heterocycles. The molecule has 0 saturated carbocycles. The molecule has 0 unspecified atom stereocenters. The van der Waals surface area contributed by atoms with E-state index in [1.807, 2.05) is 0 Å². The highest BCUT2D eigenvalue weighted by atomic mass is 28.4. The van der Waals surface area contributed by atoms with Crippen molar-refractivity contribution in [2.24, 2.45) is 0 Å². The summed E-state index contributed by atoms with van der Waals surface area (Å²) in [5.74, 6) is 0.743. The Morgan fingerprint density at radius 2 is 1.52 bits per heavy atom. The zero-order valence-corrected chi connectivity index (χ0v) is 16.2. The largest absolute Gasteiger partial charge is 0.520 e. The number of hydrogen-bond acceptors (Lipinski definition) is 4. The second-order valence-corrected chi connectivity index (χ2v) is 11.3.